The van der Waals surface area contributed by atoms with Crippen molar-refractivity contribution >= 4 is 11.6 Å². The summed E-state index contributed by atoms with van der Waals surface area (Å²) in [6.07, 6.45) is 3.84. The van der Waals surface area contributed by atoms with Gasteiger partial charge in [0.25, 0.3) is 0 Å². The monoisotopic (exact) mass is 187 g/mol. The van der Waals surface area contributed by atoms with Crippen LogP contribution < -0.4 is 0 Å². The molecule has 12 heavy (non-hydrogen) atoms. The third-order valence-corrected chi connectivity index (χ3v) is 2.38. The predicted molar refractivity (Wildman–Crippen MR) is 49.2 cm³/mol. The largest absolute Gasteiger partial charge is 0.188 e. The van der Waals surface area contributed by atoms with E-state index in [1.54, 1.807) is 11.0 Å². The zero-order valence-corrected chi connectivity index (χ0v) is 8.25. The third-order valence-electron chi connectivity index (χ3n) is 1.94. The SMILES string of the molecule is CCC(CCl)Cc1cnn(C)n1. The Kier molecular flexibility index (Phi) is 3.53. The van der Waals surface area contributed by atoms with E-state index in [0.29, 0.717) is 11.8 Å². The Morgan fingerprint density at radius 3 is 2.83 bits per heavy atom. The molecule has 1 atom stereocenters. The normalized spacial score (nSPS) is 13.2. The summed E-state index contributed by atoms with van der Waals surface area (Å²) >= 11 is 5.77. The molecule has 0 saturated heterocycles. The van der Waals surface area contributed by atoms with Crippen molar-refractivity contribution in [2.45, 2.75) is 19.8 Å². The van der Waals surface area contributed by atoms with E-state index >= 15 is 0 Å². The molecule has 3 nitrogen and oxygen atoms in total. The van der Waals surface area contributed by atoms with Gasteiger partial charge in [-0.15, -0.1) is 11.6 Å². The van der Waals surface area contributed by atoms with E-state index < -0.39 is 0 Å². The average molecular weight is 188 g/mol. The van der Waals surface area contributed by atoms with Crippen LogP contribution in [0.2, 0.25) is 0 Å². The van der Waals surface area contributed by atoms with Crippen LogP contribution in [-0.2, 0) is 13.5 Å². The van der Waals surface area contributed by atoms with Crippen molar-refractivity contribution in [3.8, 4) is 0 Å². The molecule has 0 aliphatic heterocycles. The summed E-state index contributed by atoms with van der Waals surface area (Å²) < 4.78 is 0. The van der Waals surface area contributed by atoms with Crippen LogP contribution in [0.4, 0.5) is 0 Å². The fraction of sp³-hybridized carbons (Fsp3) is 0.750. The molecule has 0 bridgehead atoms. The molecule has 0 fully saturated rings. The molecule has 0 saturated carbocycles. The van der Waals surface area contributed by atoms with E-state index in [2.05, 4.69) is 17.1 Å². The molecule has 0 aromatic carbocycles. The number of nitrogens with zero attached hydrogens (tertiary/aromatic N) is 3. The number of aromatic nitrogens is 3. The molecular weight excluding hydrogens is 174 g/mol. The quantitative estimate of drug-likeness (QED) is 0.671. The highest BCUT2D eigenvalue weighted by molar-refractivity contribution is 6.18. The summed E-state index contributed by atoms with van der Waals surface area (Å²) in [5.41, 5.74) is 1.03. The number of rotatable bonds is 4. The number of hydrogen-bond donors (Lipinski definition) is 0. The molecule has 1 unspecified atom stereocenters. The van der Waals surface area contributed by atoms with Gasteiger partial charge in [0.2, 0.25) is 0 Å². The van der Waals surface area contributed by atoms with Crippen molar-refractivity contribution in [3.05, 3.63) is 11.9 Å². The minimum absolute atomic E-state index is 0.531. The number of aryl methyl sites for hydroxylation is 1. The first-order valence-corrected chi connectivity index (χ1v) is 4.70. The second-order valence-electron chi connectivity index (χ2n) is 2.96. The van der Waals surface area contributed by atoms with Gasteiger partial charge in [-0.2, -0.15) is 15.0 Å². The molecular formula is C8H14ClN3. The zero-order valence-electron chi connectivity index (χ0n) is 7.50. The van der Waals surface area contributed by atoms with E-state index in [0.717, 1.165) is 18.5 Å². The van der Waals surface area contributed by atoms with Gasteiger partial charge < -0.3 is 0 Å². The Labute approximate surface area is 77.7 Å². The summed E-state index contributed by atoms with van der Waals surface area (Å²) in [4.78, 5) is 1.58. The Hall–Kier alpha value is -0.570. The van der Waals surface area contributed by atoms with Crippen LogP contribution in [0, 0.1) is 5.92 Å². The fourth-order valence-electron chi connectivity index (χ4n) is 1.09. The highest BCUT2D eigenvalue weighted by atomic mass is 35.5. The number of hydrogen-bond acceptors (Lipinski definition) is 2. The standard InChI is InChI=1S/C8H14ClN3/c1-3-7(5-9)4-8-6-10-12(2)11-8/h6-7H,3-5H2,1-2H3. The lowest BCUT2D eigenvalue weighted by atomic mass is 10.0. The first-order valence-electron chi connectivity index (χ1n) is 4.17. The molecule has 4 heteroatoms. The van der Waals surface area contributed by atoms with E-state index in [1.807, 2.05) is 7.05 Å². The van der Waals surface area contributed by atoms with Gasteiger partial charge >= 0.3 is 0 Å². The Morgan fingerprint density at radius 2 is 2.42 bits per heavy atom. The van der Waals surface area contributed by atoms with Gasteiger partial charge in [0, 0.05) is 12.9 Å². The third kappa shape index (κ3) is 2.48. The van der Waals surface area contributed by atoms with Gasteiger partial charge in [0.1, 0.15) is 0 Å². The Bertz CT molecular complexity index is 230. The summed E-state index contributed by atoms with van der Waals surface area (Å²) in [6, 6.07) is 0. The molecule has 0 spiro atoms. The van der Waals surface area contributed by atoms with Crippen molar-refractivity contribution in [1.82, 2.24) is 15.0 Å². The van der Waals surface area contributed by atoms with Gasteiger partial charge in [-0.3, -0.25) is 0 Å². The molecule has 0 aliphatic rings. The molecule has 0 amide bonds. The molecule has 1 aromatic heterocycles. The van der Waals surface area contributed by atoms with E-state index in [4.69, 9.17) is 11.6 Å². The summed E-state index contributed by atoms with van der Waals surface area (Å²) in [6.45, 7) is 2.14. The van der Waals surface area contributed by atoms with Crippen molar-refractivity contribution < 1.29 is 0 Å². The topological polar surface area (TPSA) is 30.7 Å². The molecule has 68 valence electrons. The van der Waals surface area contributed by atoms with Gasteiger partial charge in [-0.05, 0) is 12.3 Å². The van der Waals surface area contributed by atoms with Gasteiger partial charge in [-0.25, -0.2) is 0 Å². The second kappa shape index (κ2) is 4.45. The average Bonchev–Trinajstić information content (AvgIpc) is 2.47. The zero-order chi connectivity index (χ0) is 8.97. The molecule has 1 heterocycles. The van der Waals surface area contributed by atoms with Gasteiger partial charge in [0.15, 0.2) is 0 Å². The van der Waals surface area contributed by atoms with E-state index in [1.165, 1.54) is 0 Å². The summed E-state index contributed by atoms with van der Waals surface area (Å²) in [5.74, 6) is 1.23. The van der Waals surface area contributed by atoms with Gasteiger partial charge in [-0.1, -0.05) is 13.3 Å². The lowest BCUT2D eigenvalue weighted by Gasteiger charge is -2.07. The van der Waals surface area contributed by atoms with Crippen LogP contribution in [0.3, 0.4) is 0 Å². The first kappa shape index (κ1) is 9.52. The number of alkyl halides is 1. The maximum absolute atomic E-state index is 5.77. The molecule has 0 N–H and O–H groups in total. The first-order chi connectivity index (χ1) is 5.76. The van der Waals surface area contributed by atoms with Crippen molar-refractivity contribution in [1.29, 1.82) is 0 Å². The van der Waals surface area contributed by atoms with Crippen molar-refractivity contribution in [3.63, 3.8) is 0 Å². The van der Waals surface area contributed by atoms with Crippen LogP contribution in [0.25, 0.3) is 0 Å². The number of halogens is 1. The maximum Gasteiger partial charge on any atom is 0.0830 e. The summed E-state index contributed by atoms with van der Waals surface area (Å²) in [5, 5.41) is 8.19. The van der Waals surface area contributed by atoms with Crippen LogP contribution in [-0.4, -0.2) is 20.9 Å². The smallest absolute Gasteiger partial charge is 0.0830 e. The minimum atomic E-state index is 0.531. The predicted octanol–water partition coefficient (Wildman–Crippen LogP) is 1.62. The van der Waals surface area contributed by atoms with Crippen LogP contribution in [0.5, 0.6) is 0 Å². The van der Waals surface area contributed by atoms with Crippen LogP contribution >= 0.6 is 11.6 Å². The van der Waals surface area contributed by atoms with E-state index in [-0.39, 0.29) is 0 Å². The van der Waals surface area contributed by atoms with Crippen LogP contribution in [0.1, 0.15) is 19.0 Å². The van der Waals surface area contributed by atoms with Crippen molar-refractivity contribution in [2.75, 3.05) is 5.88 Å². The van der Waals surface area contributed by atoms with Crippen molar-refractivity contribution in [2.24, 2.45) is 13.0 Å². The second-order valence-corrected chi connectivity index (χ2v) is 3.27. The highest BCUT2D eigenvalue weighted by Crippen LogP contribution is 2.10. The molecule has 0 aliphatic carbocycles. The highest BCUT2D eigenvalue weighted by Gasteiger charge is 2.07. The maximum atomic E-state index is 5.77. The molecule has 1 aromatic rings. The lowest BCUT2D eigenvalue weighted by Crippen LogP contribution is -2.05. The van der Waals surface area contributed by atoms with Gasteiger partial charge in [0.05, 0.1) is 11.9 Å². The molecule has 0 radical (unpaired) electrons. The fourth-order valence-corrected chi connectivity index (χ4v) is 1.41. The van der Waals surface area contributed by atoms with Crippen LogP contribution in [0.15, 0.2) is 6.20 Å². The lowest BCUT2D eigenvalue weighted by molar-refractivity contribution is 0.549. The molecule has 1 rings (SSSR count). The Balaban J connectivity index is 2.50. The van der Waals surface area contributed by atoms with E-state index in [9.17, 15) is 0 Å². The minimum Gasteiger partial charge on any atom is -0.188 e. The summed E-state index contributed by atoms with van der Waals surface area (Å²) in [7, 11) is 1.82. The Morgan fingerprint density at radius 1 is 1.67 bits per heavy atom.